The van der Waals surface area contributed by atoms with Crippen molar-refractivity contribution < 1.29 is 14.3 Å². The molecular weight excluding hydrogens is 192 g/mol. The fourth-order valence-corrected chi connectivity index (χ4v) is 2.17. The van der Waals surface area contributed by atoms with Crippen LogP contribution in [0, 0.1) is 5.92 Å². The summed E-state index contributed by atoms with van der Waals surface area (Å²) in [5.41, 5.74) is 0.956. The van der Waals surface area contributed by atoms with Gasteiger partial charge >= 0.3 is 5.97 Å². The van der Waals surface area contributed by atoms with E-state index >= 15 is 0 Å². The highest BCUT2D eigenvalue weighted by Gasteiger charge is 2.56. The molecule has 0 bridgehead atoms. The molecule has 1 aliphatic carbocycles. The van der Waals surface area contributed by atoms with Crippen molar-refractivity contribution in [2.24, 2.45) is 5.92 Å². The van der Waals surface area contributed by atoms with Gasteiger partial charge in [-0.25, -0.2) is 0 Å². The number of carbonyl (C=O) groups excluding carboxylic acids is 1. The van der Waals surface area contributed by atoms with E-state index in [4.69, 9.17) is 9.47 Å². The molecule has 15 heavy (non-hydrogen) atoms. The van der Waals surface area contributed by atoms with Crippen LogP contribution in [0.2, 0.25) is 0 Å². The average Bonchev–Trinajstić information content (AvgIpc) is 2.84. The minimum Gasteiger partial charge on any atom is -0.461 e. The van der Waals surface area contributed by atoms with Crippen molar-refractivity contribution >= 4 is 5.97 Å². The quantitative estimate of drug-likeness (QED) is 0.406. The average molecular weight is 210 g/mol. The standard InChI is InChI=1S/C12H18O3/c1-8(2)7-14-11(13)9-4-5-12(3)10(6-9)15-12/h9-10H,1,4-7H2,2-3H3. The molecule has 3 heteroatoms. The van der Waals surface area contributed by atoms with E-state index in [-0.39, 0.29) is 23.6 Å². The molecule has 0 aromatic heterocycles. The van der Waals surface area contributed by atoms with Gasteiger partial charge < -0.3 is 9.47 Å². The first-order chi connectivity index (χ1) is 7.01. The smallest absolute Gasteiger partial charge is 0.309 e. The van der Waals surface area contributed by atoms with Crippen molar-refractivity contribution in [2.45, 2.75) is 44.8 Å². The lowest BCUT2D eigenvalue weighted by atomic mass is 9.83. The first-order valence-electron chi connectivity index (χ1n) is 5.50. The van der Waals surface area contributed by atoms with Crippen LogP contribution >= 0.6 is 0 Å². The van der Waals surface area contributed by atoms with Crippen LogP contribution in [0.25, 0.3) is 0 Å². The normalized spacial score (nSPS) is 38.0. The first-order valence-corrected chi connectivity index (χ1v) is 5.50. The van der Waals surface area contributed by atoms with E-state index in [1.807, 2.05) is 6.92 Å². The monoisotopic (exact) mass is 210 g/mol. The van der Waals surface area contributed by atoms with E-state index in [0.29, 0.717) is 6.61 Å². The van der Waals surface area contributed by atoms with Crippen molar-refractivity contribution in [1.82, 2.24) is 0 Å². The highest BCUT2D eigenvalue weighted by Crippen LogP contribution is 2.49. The van der Waals surface area contributed by atoms with Crippen LogP contribution in [0.5, 0.6) is 0 Å². The SMILES string of the molecule is C=C(C)COC(=O)C1CCC2(C)OC2C1. The molecule has 2 fully saturated rings. The molecule has 2 rings (SSSR count). The second kappa shape index (κ2) is 3.63. The van der Waals surface area contributed by atoms with Gasteiger partial charge in [0.15, 0.2) is 0 Å². The minimum atomic E-state index is -0.0875. The summed E-state index contributed by atoms with van der Waals surface area (Å²) in [6.07, 6.45) is 2.98. The summed E-state index contributed by atoms with van der Waals surface area (Å²) in [6.45, 7) is 8.02. The van der Waals surface area contributed by atoms with Gasteiger partial charge in [0.1, 0.15) is 6.61 Å². The van der Waals surface area contributed by atoms with Crippen molar-refractivity contribution in [3.05, 3.63) is 12.2 Å². The van der Waals surface area contributed by atoms with Crippen LogP contribution in [0.4, 0.5) is 0 Å². The van der Waals surface area contributed by atoms with Crippen molar-refractivity contribution in [2.75, 3.05) is 6.61 Å². The number of epoxide rings is 1. The molecule has 1 heterocycles. The van der Waals surface area contributed by atoms with Gasteiger partial charge in [-0.3, -0.25) is 4.79 Å². The van der Waals surface area contributed by atoms with E-state index in [9.17, 15) is 4.79 Å². The van der Waals surface area contributed by atoms with Gasteiger partial charge in [0.05, 0.1) is 17.6 Å². The van der Waals surface area contributed by atoms with Gasteiger partial charge in [-0.15, -0.1) is 0 Å². The summed E-state index contributed by atoms with van der Waals surface area (Å²) in [5.74, 6) is -0.0551. The van der Waals surface area contributed by atoms with Crippen molar-refractivity contribution in [3.8, 4) is 0 Å². The number of hydrogen-bond donors (Lipinski definition) is 0. The van der Waals surface area contributed by atoms with Gasteiger partial charge in [0.2, 0.25) is 0 Å². The Morgan fingerprint density at radius 1 is 1.67 bits per heavy atom. The van der Waals surface area contributed by atoms with E-state index in [2.05, 4.69) is 13.5 Å². The molecule has 3 atom stereocenters. The lowest BCUT2D eigenvalue weighted by Gasteiger charge is -2.20. The zero-order valence-corrected chi connectivity index (χ0v) is 9.41. The maximum Gasteiger partial charge on any atom is 0.309 e. The number of hydrogen-bond acceptors (Lipinski definition) is 3. The Bertz CT molecular complexity index is 297. The molecule has 1 aliphatic heterocycles. The Balaban J connectivity index is 1.80. The van der Waals surface area contributed by atoms with Crippen LogP contribution in [0.15, 0.2) is 12.2 Å². The van der Waals surface area contributed by atoms with Gasteiger partial charge in [-0.2, -0.15) is 0 Å². The van der Waals surface area contributed by atoms with Crippen LogP contribution in [0.3, 0.4) is 0 Å². The topological polar surface area (TPSA) is 38.8 Å². The third-order valence-corrected chi connectivity index (χ3v) is 3.32. The molecule has 0 radical (unpaired) electrons. The maximum atomic E-state index is 11.7. The lowest BCUT2D eigenvalue weighted by molar-refractivity contribution is -0.148. The van der Waals surface area contributed by atoms with Gasteiger partial charge in [-0.1, -0.05) is 6.58 Å². The second-order valence-electron chi connectivity index (χ2n) is 4.96. The molecule has 3 nitrogen and oxygen atoms in total. The predicted molar refractivity (Wildman–Crippen MR) is 56.4 cm³/mol. The minimum absolute atomic E-state index is 0.0323. The molecule has 0 spiro atoms. The highest BCUT2D eigenvalue weighted by molar-refractivity contribution is 5.73. The largest absolute Gasteiger partial charge is 0.461 e. The summed E-state index contributed by atoms with van der Waals surface area (Å²) >= 11 is 0. The van der Waals surface area contributed by atoms with E-state index < -0.39 is 0 Å². The number of esters is 1. The van der Waals surface area contributed by atoms with Crippen molar-refractivity contribution in [1.29, 1.82) is 0 Å². The molecule has 0 aromatic rings. The zero-order chi connectivity index (χ0) is 11.1. The van der Waals surface area contributed by atoms with Crippen LogP contribution < -0.4 is 0 Å². The summed E-state index contributed by atoms with van der Waals surface area (Å²) < 4.78 is 10.7. The summed E-state index contributed by atoms with van der Waals surface area (Å²) in [4.78, 5) is 11.7. The van der Waals surface area contributed by atoms with Gasteiger partial charge in [0.25, 0.3) is 0 Å². The number of rotatable bonds is 3. The second-order valence-corrected chi connectivity index (χ2v) is 4.96. The Morgan fingerprint density at radius 2 is 2.40 bits per heavy atom. The Morgan fingerprint density at radius 3 is 3.00 bits per heavy atom. The predicted octanol–water partition coefficient (Wildman–Crippen LogP) is 2.06. The molecule has 1 saturated carbocycles. The lowest BCUT2D eigenvalue weighted by Crippen LogP contribution is -2.28. The third-order valence-electron chi connectivity index (χ3n) is 3.32. The molecule has 0 aromatic carbocycles. The van der Waals surface area contributed by atoms with Gasteiger partial charge in [-0.05, 0) is 38.7 Å². The summed E-state index contributed by atoms with van der Waals surface area (Å²) in [5, 5.41) is 0. The third kappa shape index (κ3) is 2.23. The zero-order valence-electron chi connectivity index (χ0n) is 9.41. The van der Waals surface area contributed by atoms with Crippen molar-refractivity contribution in [3.63, 3.8) is 0 Å². The number of ether oxygens (including phenoxy) is 2. The van der Waals surface area contributed by atoms with Gasteiger partial charge in [0, 0.05) is 0 Å². The highest BCUT2D eigenvalue weighted by atomic mass is 16.6. The van der Waals surface area contributed by atoms with Crippen LogP contribution in [0.1, 0.15) is 33.1 Å². The number of carbonyl (C=O) groups is 1. The van der Waals surface area contributed by atoms with Crippen LogP contribution in [-0.4, -0.2) is 24.3 Å². The Labute approximate surface area is 90.4 Å². The van der Waals surface area contributed by atoms with E-state index in [0.717, 1.165) is 24.8 Å². The maximum absolute atomic E-state index is 11.7. The molecule has 0 amide bonds. The molecule has 0 N–H and O–H groups in total. The number of fused-ring (bicyclic) bond motifs is 1. The van der Waals surface area contributed by atoms with E-state index in [1.54, 1.807) is 0 Å². The Hall–Kier alpha value is -0.830. The summed E-state index contributed by atoms with van der Waals surface area (Å²) in [7, 11) is 0. The first kappa shape index (κ1) is 10.7. The Kier molecular flexibility index (Phi) is 2.59. The molecule has 1 saturated heterocycles. The van der Waals surface area contributed by atoms with E-state index in [1.165, 1.54) is 0 Å². The molecule has 84 valence electrons. The fourth-order valence-electron chi connectivity index (χ4n) is 2.17. The molecule has 2 aliphatic rings. The van der Waals surface area contributed by atoms with Crippen LogP contribution in [-0.2, 0) is 14.3 Å². The summed E-state index contributed by atoms with van der Waals surface area (Å²) in [6, 6.07) is 0. The fraction of sp³-hybridized carbons (Fsp3) is 0.750. The molecular formula is C12H18O3. The molecule has 3 unspecified atom stereocenters.